The topological polar surface area (TPSA) is 15.3 Å². The molecule has 2 rings (SSSR count). The van der Waals surface area contributed by atoms with Crippen LogP contribution in [-0.4, -0.2) is 30.6 Å². The van der Waals surface area contributed by atoms with E-state index in [2.05, 4.69) is 65.2 Å². The van der Waals surface area contributed by atoms with Crippen molar-refractivity contribution >= 4 is 21.6 Å². The molecule has 1 aliphatic rings. The predicted octanol–water partition coefficient (Wildman–Crippen LogP) is 3.26. The summed E-state index contributed by atoms with van der Waals surface area (Å²) in [6, 6.07) is 7.68. The van der Waals surface area contributed by atoms with E-state index >= 15 is 0 Å². The third kappa shape index (κ3) is 2.58. The maximum Gasteiger partial charge on any atom is 0.0403 e. The first kappa shape index (κ1) is 11.9. The number of hydrogen-bond donors (Lipinski definition) is 1. The molecule has 0 radical (unpaired) electrons. The van der Waals surface area contributed by atoms with Crippen LogP contribution in [0, 0.1) is 6.92 Å². The third-order valence-electron chi connectivity index (χ3n) is 3.43. The minimum Gasteiger partial charge on any atom is -0.381 e. The van der Waals surface area contributed by atoms with Crippen LogP contribution in [0.2, 0.25) is 0 Å². The maximum atomic E-state index is 3.63. The van der Waals surface area contributed by atoms with E-state index in [0.29, 0.717) is 12.1 Å². The lowest BCUT2D eigenvalue weighted by molar-refractivity contribution is 0.330. The zero-order valence-corrected chi connectivity index (χ0v) is 11.7. The van der Waals surface area contributed by atoms with E-state index in [9.17, 15) is 0 Å². The quantitative estimate of drug-likeness (QED) is 0.896. The van der Waals surface area contributed by atoms with E-state index in [1.165, 1.54) is 17.7 Å². The van der Waals surface area contributed by atoms with E-state index < -0.39 is 0 Å². The van der Waals surface area contributed by atoms with Gasteiger partial charge in [0.15, 0.2) is 0 Å². The Kier molecular flexibility index (Phi) is 3.55. The van der Waals surface area contributed by atoms with Gasteiger partial charge in [-0.15, -0.1) is 0 Å². The number of anilines is 1. The molecule has 0 spiro atoms. The number of nitrogens with zero attached hydrogens (tertiary/aromatic N) is 1. The number of halogens is 1. The molecule has 0 aliphatic carbocycles. The van der Waals surface area contributed by atoms with Crippen molar-refractivity contribution in [2.24, 2.45) is 0 Å². The summed E-state index contributed by atoms with van der Waals surface area (Å²) < 4.78 is 1.15. The molecule has 3 heteroatoms. The molecule has 2 atom stereocenters. The largest absolute Gasteiger partial charge is 0.381 e. The van der Waals surface area contributed by atoms with Crippen molar-refractivity contribution in [3.8, 4) is 0 Å². The lowest BCUT2D eigenvalue weighted by Gasteiger charge is -2.16. The molecule has 1 heterocycles. The molecule has 0 bridgehead atoms. The van der Waals surface area contributed by atoms with E-state index in [1.54, 1.807) is 0 Å². The number of nitrogens with one attached hydrogen (secondary N) is 1. The van der Waals surface area contributed by atoms with Gasteiger partial charge >= 0.3 is 0 Å². The Hall–Kier alpha value is -0.540. The van der Waals surface area contributed by atoms with Crippen molar-refractivity contribution in [2.45, 2.75) is 32.4 Å². The zero-order valence-electron chi connectivity index (χ0n) is 10.1. The third-order valence-corrected chi connectivity index (χ3v) is 3.93. The second-order valence-corrected chi connectivity index (χ2v) is 5.74. The van der Waals surface area contributed by atoms with Crippen molar-refractivity contribution < 1.29 is 0 Å². The number of hydrogen-bond acceptors (Lipinski definition) is 2. The number of benzene rings is 1. The molecule has 0 aromatic heterocycles. The minimum absolute atomic E-state index is 0.583. The van der Waals surface area contributed by atoms with Gasteiger partial charge in [0.1, 0.15) is 0 Å². The van der Waals surface area contributed by atoms with E-state index in [0.717, 1.165) is 11.0 Å². The molecule has 1 aromatic rings. The van der Waals surface area contributed by atoms with Crippen LogP contribution in [0.15, 0.2) is 22.7 Å². The molecule has 1 N–H and O–H groups in total. The summed E-state index contributed by atoms with van der Waals surface area (Å²) >= 11 is 3.49. The van der Waals surface area contributed by atoms with Crippen LogP contribution in [0.25, 0.3) is 0 Å². The average Bonchev–Trinajstić information content (AvgIpc) is 2.51. The number of likely N-dealkylation sites (N-methyl/N-ethyl adjacent to an activating group) is 1. The molecule has 0 saturated carbocycles. The second kappa shape index (κ2) is 4.76. The molecule has 1 aromatic carbocycles. The molecule has 0 amide bonds. The van der Waals surface area contributed by atoms with Gasteiger partial charge in [0.05, 0.1) is 0 Å². The predicted molar refractivity (Wildman–Crippen MR) is 73.0 cm³/mol. The Morgan fingerprint density at radius 3 is 2.75 bits per heavy atom. The molecule has 2 nitrogen and oxygen atoms in total. The highest BCUT2D eigenvalue weighted by molar-refractivity contribution is 9.10. The highest BCUT2D eigenvalue weighted by Crippen LogP contribution is 2.24. The van der Waals surface area contributed by atoms with Crippen LogP contribution in [0.4, 0.5) is 5.69 Å². The first-order chi connectivity index (χ1) is 7.56. The van der Waals surface area contributed by atoms with Crippen LogP contribution in [0.3, 0.4) is 0 Å². The van der Waals surface area contributed by atoms with Crippen molar-refractivity contribution in [3.05, 3.63) is 28.2 Å². The van der Waals surface area contributed by atoms with E-state index in [4.69, 9.17) is 0 Å². The molecular weight excluding hydrogens is 264 g/mol. The molecule has 1 aliphatic heterocycles. The van der Waals surface area contributed by atoms with Crippen molar-refractivity contribution in [1.82, 2.24) is 4.90 Å². The Labute approximate surface area is 106 Å². The first-order valence-corrected chi connectivity index (χ1v) is 6.58. The van der Waals surface area contributed by atoms with Crippen LogP contribution >= 0.6 is 15.9 Å². The molecule has 1 fully saturated rings. The van der Waals surface area contributed by atoms with Crippen LogP contribution < -0.4 is 5.32 Å². The summed E-state index contributed by atoms with van der Waals surface area (Å²) in [6.07, 6.45) is 1.23. The summed E-state index contributed by atoms with van der Waals surface area (Å²) in [7, 11) is 2.20. The van der Waals surface area contributed by atoms with Crippen molar-refractivity contribution in [1.29, 1.82) is 0 Å². The smallest absolute Gasteiger partial charge is 0.0403 e. The van der Waals surface area contributed by atoms with Gasteiger partial charge in [-0.05, 0) is 51.1 Å². The Morgan fingerprint density at radius 1 is 1.44 bits per heavy atom. The molecule has 88 valence electrons. The normalized spacial score (nSPS) is 26.0. The highest BCUT2D eigenvalue weighted by atomic mass is 79.9. The fourth-order valence-electron chi connectivity index (χ4n) is 2.31. The standard InChI is InChI=1S/C13H19BrN2/c1-9-6-11(14)4-5-13(9)15-12-7-10(2)16(3)8-12/h4-6,10,12,15H,7-8H2,1-3H3. The fourth-order valence-corrected chi connectivity index (χ4v) is 2.78. The maximum absolute atomic E-state index is 3.63. The highest BCUT2D eigenvalue weighted by Gasteiger charge is 2.25. The molecule has 16 heavy (non-hydrogen) atoms. The first-order valence-electron chi connectivity index (χ1n) is 5.79. The van der Waals surface area contributed by atoms with Crippen LogP contribution in [0.5, 0.6) is 0 Å². The fraction of sp³-hybridized carbons (Fsp3) is 0.538. The van der Waals surface area contributed by atoms with Gasteiger partial charge in [-0.25, -0.2) is 0 Å². The Bertz CT molecular complexity index is 368. The van der Waals surface area contributed by atoms with Crippen molar-refractivity contribution in [3.63, 3.8) is 0 Å². The lowest BCUT2D eigenvalue weighted by Crippen LogP contribution is -2.25. The molecular formula is C13H19BrN2. The zero-order chi connectivity index (χ0) is 11.7. The number of likely N-dealkylation sites (tertiary alicyclic amines) is 1. The Balaban J connectivity index is 2.05. The number of aryl methyl sites for hydroxylation is 1. The SMILES string of the molecule is Cc1cc(Br)ccc1NC1CC(C)N(C)C1. The van der Waals surface area contributed by atoms with Gasteiger partial charge in [-0.1, -0.05) is 15.9 Å². The summed E-state index contributed by atoms with van der Waals surface area (Å²) in [6.45, 7) is 5.57. The Morgan fingerprint density at radius 2 is 2.19 bits per heavy atom. The summed E-state index contributed by atoms with van der Waals surface area (Å²) in [5, 5.41) is 3.63. The van der Waals surface area contributed by atoms with Crippen LogP contribution in [0.1, 0.15) is 18.9 Å². The summed E-state index contributed by atoms with van der Waals surface area (Å²) in [5.74, 6) is 0. The average molecular weight is 283 g/mol. The van der Waals surface area contributed by atoms with Gasteiger partial charge < -0.3 is 10.2 Å². The lowest BCUT2D eigenvalue weighted by atomic mass is 10.1. The minimum atomic E-state index is 0.583. The van der Waals surface area contributed by atoms with Crippen molar-refractivity contribution in [2.75, 3.05) is 18.9 Å². The van der Waals surface area contributed by atoms with Gasteiger partial charge in [0.25, 0.3) is 0 Å². The van der Waals surface area contributed by atoms with Gasteiger partial charge in [0, 0.05) is 28.8 Å². The monoisotopic (exact) mass is 282 g/mol. The molecule has 2 unspecified atom stereocenters. The van der Waals surface area contributed by atoms with Crippen LogP contribution in [-0.2, 0) is 0 Å². The van der Waals surface area contributed by atoms with Gasteiger partial charge in [-0.2, -0.15) is 0 Å². The van der Waals surface area contributed by atoms with E-state index in [1.807, 2.05) is 0 Å². The van der Waals surface area contributed by atoms with Gasteiger partial charge in [0.2, 0.25) is 0 Å². The van der Waals surface area contributed by atoms with Gasteiger partial charge in [-0.3, -0.25) is 0 Å². The van der Waals surface area contributed by atoms with E-state index in [-0.39, 0.29) is 0 Å². The summed E-state index contributed by atoms with van der Waals surface area (Å²) in [4.78, 5) is 2.41. The summed E-state index contributed by atoms with van der Waals surface area (Å²) in [5.41, 5.74) is 2.56. The molecule has 1 saturated heterocycles. The number of rotatable bonds is 2. The second-order valence-electron chi connectivity index (χ2n) is 4.82.